The van der Waals surface area contributed by atoms with Gasteiger partial charge in [-0.1, -0.05) is 84.5 Å². The Balaban J connectivity index is 0.000000330. The smallest absolute Gasteiger partial charge is 0.0470 e. The molecule has 4 aromatic rings. The maximum Gasteiger partial charge on any atom is 0.0470 e. The molecule has 0 radical (unpaired) electrons. The third kappa shape index (κ3) is 5.17. The molecule has 0 bridgehead atoms. The Bertz CT molecular complexity index is 1570. The lowest BCUT2D eigenvalue weighted by molar-refractivity contribution is 0.831. The Labute approximate surface area is 225 Å². The molecule has 1 heterocycles. The number of anilines is 2. The van der Waals surface area contributed by atoms with Crippen LogP contribution in [-0.4, -0.2) is 4.98 Å². The van der Waals surface area contributed by atoms with Gasteiger partial charge in [-0.15, -0.1) is 0 Å². The number of nitrogens with zero attached hydrogens (tertiary/aromatic N) is 1. The van der Waals surface area contributed by atoms with Gasteiger partial charge in [0.15, 0.2) is 0 Å². The van der Waals surface area contributed by atoms with Gasteiger partial charge in [-0.3, -0.25) is 4.98 Å². The molecule has 0 aliphatic heterocycles. The van der Waals surface area contributed by atoms with E-state index in [2.05, 4.69) is 113 Å². The van der Waals surface area contributed by atoms with Gasteiger partial charge in [0.2, 0.25) is 0 Å². The van der Waals surface area contributed by atoms with E-state index in [1.807, 2.05) is 24.5 Å². The third-order valence-electron chi connectivity index (χ3n) is 7.44. The Kier molecular flexibility index (Phi) is 7.13. The molecule has 3 aliphatic rings. The van der Waals surface area contributed by atoms with Crippen LogP contribution in [0.25, 0.3) is 27.5 Å². The third-order valence-corrected chi connectivity index (χ3v) is 7.44. The minimum Gasteiger partial charge on any atom is -0.355 e. The minimum atomic E-state index is 1.08. The summed E-state index contributed by atoms with van der Waals surface area (Å²) in [6, 6.07) is 23.9. The minimum absolute atomic E-state index is 1.08. The molecule has 0 saturated carbocycles. The summed E-state index contributed by atoms with van der Waals surface area (Å²) in [6.07, 6.45) is 26.6. The van der Waals surface area contributed by atoms with Crippen molar-refractivity contribution in [3.8, 4) is 11.1 Å². The summed E-state index contributed by atoms with van der Waals surface area (Å²) in [4.78, 5) is 4.21. The van der Waals surface area contributed by atoms with E-state index in [1.165, 1.54) is 57.9 Å². The summed E-state index contributed by atoms with van der Waals surface area (Å²) in [6.45, 7) is 0. The molecule has 0 spiro atoms. The lowest BCUT2D eigenvalue weighted by Crippen LogP contribution is -2.07. The average Bonchev–Trinajstić information content (AvgIpc) is 3.31. The van der Waals surface area contributed by atoms with Gasteiger partial charge >= 0.3 is 0 Å². The summed E-state index contributed by atoms with van der Waals surface area (Å²) >= 11 is 0. The van der Waals surface area contributed by atoms with Crippen molar-refractivity contribution < 1.29 is 0 Å². The molecule has 0 unspecified atom stereocenters. The van der Waals surface area contributed by atoms with Gasteiger partial charge in [0, 0.05) is 29.3 Å². The second-order valence-electron chi connectivity index (χ2n) is 9.87. The Morgan fingerprint density at radius 2 is 1.50 bits per heavy atom. The summed E-state index contributed by atoms with van der Waals surface area (Å²) < 4.78 is 0. The van der Waals surface area contributed by atoms with Gasteiger partial charge in [0.25, 0.3) is 0 Å². The summed E-state index contributed by atoms with van der Waals surface area (Å²) in [7, 11) is 0. The first-order valence-electron chi connectivity index (χ1n) is 13.6. The number of rotatable bonds is 3. The van der Waals surface area contributed by atoms with Crippen LogP contribution in [0.2, 0.25) is 0 Å². The van der Waals surface area contributed by atoms with Crippen molar-refractivity contribution in [2.24, 2.45) is 0 Å². The molecule has 2 heteroatoms. The standard InChI is InChI=1S/C29H24N2.C7H8/c1-2-7-23(8-3-1)31-29-19-27-22(18-28(29)21-14-16-30-17-15-21)11-13-25-24-9-5-4-6-20(24)10-12-26(25)27;1-2-4-6-7-5-3-1/h1-3,5,7-9,11,13-19,31H,4,6,10,12H2;1-6H,7H2. The molecule has 3 aromatic carbocycles. The zero-order chi connectivity index (χ0) is 25.6. The predicted octanol–water partition coefficient (Wildman–Crippen LogP) is 9.75. The van der Waals surface area contributed by atoms with Crippen molar-refractivity contribution in [3.63, 3.8) is 0 Å². The number of aryl methyl sites for hydroxylation is 1. The lowest BCUT2D eigenvalue weighted by atomic mass is 9.79. The maximum atomic E-state index is 4.21. The van der Waals surface area contributed by atoms with Crippen molar-refractivity contribution in [1.82, 2.24) is 4.98 Å². The monoisotopic (exact) mass is 492 g/mol. The number of benzene rings is 3. The Morgan fingerprint density at radius 1 is 0.684 bits per heavy atom. The van der Waals surface area contributed by atoms with Crippen LogP contribution >= 0.6 is 0 Å². The molecular formula is C36H32N2. The highest BCUT2D eigenvalue weighted by molar-refractivity contribution is 6.00. The van der Waals surface area contributed by atoms with Gasteiger partial charge in [-0.2, -0.15) is 0 Å². The van der Waals surface area contributed by atoms with Crippen molar-refractivity contribution in [2.45, 2.75) is 32.1 Å². The van der Waals surface area contributed by atoms with Gasteiger partial charge in [0.1, 0.15) is 0 Å². The summed E-state index contributed by atoms with van der Waals surface area (Å²) in [5.41, 5.74) is 10.6. The van der Waals surface area contributed by atoms with Gasteiger partial charge in [0.05, 0.1) is 0 Å². The number of aromatic nitrogens is 1. The van der Waals surface area contributed by atoms with E-state index in [1.54, 1.807) is 5.57 Å². The van der Waals surface area contributed by atoms with Gasteiger partial charge in [-0.25, -0.2) is 0 Å². The fraction of sp³-hybridized carbons (Fsp3) is 0.139. The highest BCUT2D eigenvalue weighted by Crippen LogP contribution is 2.42. The van der Waals surface area contributed by atoms with Crippen LogP contribution in [0.5, 0.6) is 0 Å². The number of hydrogen-bond donors (Lipinski definition) is 1. The van der Waals surface area contributed by atoms with Crippen LogP contribution in [-0.2, 0) is 6.42 Å². The van der Waals surface area contributed by atoms with Crippen LogP contribution in [0.3, 0.4) is 0 Å². The van der Waals surface area contributed by atoms with Crippen molar-refractivity contribution in [1.29, 1.82) is 0 Å². The molecular weight excluding hydrogens is 460 g/mol. The highest BCUT2D eigenvalue weighted by Gasteiger charge is 2.21. The molecule has 186 valence electrons. The van der Waals surface area contributed by atoms with Crippen molar-refractivity contribution in [2.75, 3.05) is 5.32 Å². The molecule has 38 heavy (non-hydrogen) atoms. The van der Waals surface area contributed by atoms with Crippen LogP contribution in [0, 0.1) is 0 Å². The van der Waals surface area contributed by atoms with Crippen LogP contribution in [0.1, 0.15) is 36.8 Å². The zero-order valence-electron chi connectivity index (χ0n) is 21.6. The molecule has 0 amide bonds. The Hall–Kier alpha value is -4.43. The molecule has 1 aromatic heterocycles. The second kappa shape index (κ2) is 11.3. The second-order valence-corrected chi connectivity index (χ2v) is 9.87. The maximum absolute atomic E-state index is 4.21. The number of fused-ring (bicyclic) bond motifs is 4. The highest BCUT2D eigenvalue weighted by atomic mass is 14.9. The van der Waals surface area contributed by atoms with E-state index in [-0.39, 0.29) is 0 Å². The summed E-state index contributed by atoms with van der Waals surface area (Å²) in [5.74, 6) is 0. The number of pyridine rings is 1. The first-order chi connectivity index (χ1) is 18.9. The van der Waals surface area contributed by atoms with E-state index >= 15 is 0 Å². The fourth-order valence-electron chi connectivity index (χ4n) is 5.56. The van der Waals surface area contributed by atoms with Crippen LogP contribution < -0.4 is 5.32 Å². The fourth-order valence-corrected chi connectivity index (χ4v) is 5.56. The van der Waals surface area contributed by atoms with Crippen molar-refractivity contribution in [3.05, 3.63) is 144 Å². The number of hydrogen-bond acceptors (Lipinski definition) is 2. The number of nitrogens with one attached hydrogen (secondary N) is 1. The molecule has 0 atom stereocenters. The zero-order valence-corrected chi connectivity index (χ0v) is 21.6. The molecule has 3 aliphatic carbocycles. The first-order valence-corrected chi connectivity index (χ1v) is 13.6. The quantitative estimate of drug-likeness (QED) is 0.308. The average molecular weight is 493 g/mol. The van der Waals surface area contributed by atoms with E-state index in [0.717, 1.165) is 24.2 Å². The van der Waals surface area contributed by atoms with Gasteiger partial charge in [-0.05, 0) is 102 Å². The van der Waals surface area contributed by atoms with Crippen molar-refractivity contribution >= 4 is 27.7 Å². The van der Waals surface area contributed by atoms with E-state index < -0.39 is 0 Å². The normalized spacial score (nSPS) is 15.4. The molecule has 1 N–H and O–H groups in total. The lowest BCUT2D eigenvalue weighted by Gasteiger charge is -2.26. The molecule has 7 rings (SSSR count). The van der Waals surface area contributed by atoms with E-state index in [9.17, 15) is 0 Å². The predicted molar refractivity (Wildman–Crippen MR) is 163 cm³/mol. The summed E-state index contributed by atoms with van der Waals surface area (Å²) in [5, 5.41) is 6.34. The molecule has 0 saturated heterocycles. The molecule has 2 nitrogen and oxygen atoms in total. The van der Waals surface area contributed by atoms with Gasteiger partial charge < -0.3 is 5.32 Å². The molecule has 0 fully saturated rings. The number of allylic oxidation sites excluding steroid dienone is 10. The first kappa shape index (κ1) is 23.9. The largest absolute Gasteiger partial charge is 0.355 e. The van der Waals surface area contributed by atoms with E-state index in [4.69, 9.17) is 0 Å². The van der Waals surface area contributed by atoms with Crippen LogP contribution in [0.4, 0.5) is 11.4 Å². The van der Waals surface area contributed by atoms with E-state index in [0.29, 0.717) is 0 Å². The Morgan fingerprint density at radius 3 is 2.32 bits per heavy atom. The topological polar surface area (TPSA) is 24.9 Å². The SMILES string of the molecule is C1=CC2=C(CC1)CCc1c2ccc2cc(-c3ccncc3)c(Nc3ccccc3)cc12.C1=CC=CCC=C1. The van der Waals surface area contributed by atoms with Crippen LogP contribution in [0.15, 0.2) is 133 Å². The number of para-hydroxylation sites is 1.